The van der Waals surface area contributed by atoms with Gasteiger partial charge in [-0.1, -0.05) is 24.8 Å². The van der Waals surface area contributed by atoms with Gasteiger partial charge in [0.05, 0.1) is 10.9 Å². The monoisotopic (exact) mass is 611 g/mol. The summed E-state index contributed by atoms with van der Waals surface area (Å²) in [6.45, 7) is 13.8. The van der Waals surface area contributed by atoms with Crippen LogP contribution in [0.2, 0.25) is 0 Å². The lowest BCUT2D eigenvalue weighted by Crippen LogP contribution is -2.56. The largest absolute Gasteiger partial charge is 0.461 e. The van der Waals surface area contributed by atoms with E-state index in [0.29, 0.717) is 55.6 Å². The second-order valence-electron chi connectivity index (χ2n) is 13.2. The van der Waals surface area contributed by atoms with Crippen LogP contribution in [-0.2, 0) is 11.2 Å². The number of ether oxygens (including phenoxy) is 1. The quantitative estimate of drug-likeness (QED) is 0.286. The Balaban J connectivity index is 1.20. The number of fused-ring (bicyclic) bond motifs is 5. The zero-order valence-electron chi connectivity index (χ0n) is 25.1. The van der Waals surface area contributed by atoms with Crippen LogP contribution in [0.25, 0.3) is 27.0 Å². The van der Waals surface area contributed by atoms with Gasteiger partial charge in [-0.25, -0.2) is 15.4 Å². The molecule has 5 aliphatic rings. The lowest BCUT2D eigenvalue weighted by atomic mass is 9.95. The normalized spacial score (nSPS) is 28.5. The topological polar surface area (TPSA) is 79.1 Å². The molecule has 0 spiro atoms. The van der Waals surface area contributed by atoms with Gasteiger partial charge < -0.3 is 19.4 Å². The molecule has 1 saturated carbocycles. The van der Waals surface area contributed by atoms with Gasteiger partial charge in [0.25, 0.3) is 0 Å². The smallest absolute Gasteiger partial charge is 0.319 e. The standard InChI is InChI=1S/C34H35F2N7O2/c1-3-27(44)43-11-10-41(18-23(43)15-37-2)32-26-16-38-30(24-7-4-6-20-12-21-13-25(21)28(20)24)29(36)31(26)39-33(40-32)45-19-34-8-5-9-42(34)17-22(35)14-34/h3-4,6-7,16,21-23,25H,1,5,8-15,17-19H2/t21-,22-,23+,25+,34?/m1/s1. The third-order valence-electron chi connectivity index (χ3n) is 10.6. The molecule has 4 fully saturated rings. The molecule has 2 aliphatic carbocycles. The molecule has 1 unspecified atom stereocenters. The molecule has 5 atom stereocenters. The van der Waals surface area contributed by atoms with E-state index in [1.807, 2.05) is 17.0 Å². The molecule has 232 valence electrons. The van der Waals surface area contributed by atoms with Crippen LogP contribution in [0.15, 0.2) is 37.1 Å². The molecule has 3 aromatic rings. The summed E-state index contributed by atoms with van der Waals surface area (Å²) in [5, 5.41) is 0.441. The highest BCUT2D eigenvalue weighted by molar-refractivity contribution is 5.93. The van der Waals surface area contributed by atoms with Crippen molar-refractivity contribution in [3.63, 3.8) is 0 Å². The summed E-state index contributed by atoms with van der Waals surface area (Å²) in [6.07, 6.45) is 6.36. The van der Waals surface area contributed by atoms with E-state index in [4.69, 9.17) is 16.3 Å². The van der Waals surface area contributed by atoms with E-state index in [0.717, 1.165) is 37.8 Å². The van der Waals surface area contributed by atoms with E-state index in [1.165, 1.54) is 17.2 Å². The first kappa shape index (κ1) is 28.3. The van der Waals surface area contributed by atoms with Crippen LogP contribution in [0.3, 0.4) is 0 Å². The molecule has 3 saturated heterocycles. The first-order chi connectivity index (χ1) is 21.9. The molecule has 1 aromatic carbocycles. The van der Waals surface area contributed by atoms with Gasteiger partial charge in [-0.2, -0.15) is 9.97 Å². The Hall–Kier alpha value is -4.17. The fourth-order valence-corrected chi connectivity index (χ4v) is 8.42. The van der Waals surface area contributed by atoms with Crippen LogP contribution in [0.4, 0.5) is 14.6 Å². The number of rotatable bonds is 7. The Bertz CT molecular complexity index is 1760. The van der Waals surface area contributed by atoms with Crippen molar-refractivity contribution >= 4 is 22.6 Å². The summed E-state index contributed by atoms with van der Waals surface area (Å²) in [7, 11) is 0. The Labute approximate surface area is 260 Å². The fraction of sp³-hybridized carbons (Fsp3) is 0.500. The number of piperazine rings is 1. The van der Waals surface area contributed by atoms with Gasteiger partial charge in [0, 0.05) is 44.4 Å². The Morgan fingerprint density at radius 2 is 2.13 bits per heavy atom. The van der Waals surface area contributed by atoms with Crippen molar-refractivity contribution in [1.82, 2.24) is 24.8 Å². The SMILES string of the molecule is [C-]#[N+]C[C@H]1CN(c2nc(OCC34CCCN3C[C@H](F)C4)nc3c(F)c(-c4cccc5c4[C@H]4C[C@H]4C5)ncc23)CCN1C(=O)C=C. The number of nitrogens with zero attached hydrogens (tertiary/aromatic N) is 7. The number of pyridine rings is 1. The maximum Gasteiger partial charge on any atom is 0.319 e. The summed E-state index contributed by atoms with van der Waals surface area (Å²) < 4.78 is 37.5. The predicted molar refractivity (Wildman–Crippen MR) is 165 cm³/mol. The van der Waals surface area contributed by atoms with E-state index in [-0.39, 0.29) is 36.3 Å². The maximum absolute atomic E-state index is 16.7. The number of carbonyl (C=O) groups excluding carboxylic acids is 1. The van der Waals surface area contributed by atoms with Gasteiger partial charge in [-0.05, 0) is 61.3 Å². The Morgan fingerprint density at radius 3 is 2.98 bits per heavy atom. The molecule has 0 radical (unpaired) electrons. The number of halogens is 2. The lowest BCUT2D eigenvalue weighted by Gasteiger charge is -2.39. The fourth-order valence-electron chi connectivity index (χ4n) is 8.42. The highest BCUT2D eigenvalue weighted by Crippen LogP contribution is 2.58. The number of aromatic nitrogens is 3. The number of anilines is 1. The van der Waals surface area contributed by atoms with E-state index in [1.54, 1.807) is 11.1 Å². The van der Waals surface area contributed by atoms with Gasteiger partial charge in [0.2, 0.25) is 12.5 Å². The Morgan fingerprint density at radius 1 is 1.24 bits per heavy atom. The van der Waals surface area contributed by atoms with Crippen molar-refractivity contribution in [3.05, 3.63) is 65.4 Å². The molecule has 2 aromatic heterocycles. The van der Waals surface area contributed by atoms with Gasteiger partial charge in [0.15, 0.2) is 5.82 Å². The summed E-state index contributed by atoms with van der Waals surface area (Å²) >= 11 is 0. The van der Waals surface area contributed by atoms with E-state index in [2.05, 4.69) is 32.4 Å². The molecule has 8 rings (SSSR count). The van der Waals surface area contributed by atoms with Crippen LogP contribution in [-0.4, -0.2) is 94.3 Å². The minimum Gasteiger partial charge on any atom is -0.461 e. The molecular formula is C34H35F2N7O2. The Kier molecular flexibility index (Phi) is 6.75. The first-order valence-corrected chi connectivity index (χ1v) is 15.9. The second kappa shape index (κ2) is 10.7. The van der Waals surface area contributed by atoms with Crippen LogP contribution in [0, 0.1) is 18.3 Å². The van der Waals surface area contributed by atoms with Crippen LogP contribution in [0.5, 0.6) is 6.01 Å². The molecule has 5 heterocycles. The van der Waals surface area contributed by atoms with Gasteiger partial charge in [-0.3, -0.25) is 14.7 Å². The van der Waals surface area contributed by atoms with Crippen LogP contribution < -0.4 is 9.64 Å². The minimum absolute atomic E-state index is 0.0314. The summed E-state index contributed by atoms with van der Waals surface area (Å²) in [5.74, 6) is 0.796. The van der Waals surface area contributed by atoms with Crippen molar-refractivity contribution in [2.45, 2.75) is 55.8 Å². The highest BCUT2D eigenvalue weighted by Gasteiger charge is 2.50. The molecule has 1 amide bonds. The number of hydrogen-bond donors (Lipinski definition) is 0. The third kappa shape index (κ3) is 4.64. The molecular weight excluding hydrogens is 576 g/mol. The minimum atomic E-state index is -0.902. The van der Waals surface area contributed by atoms with Crippen molar-refractivity contribution < 1.29 is 18.3 Å². The number of alkyl halides is 1. The number of hydrogen-bond acceptors (Lipinski definition) is 7. The molecule has 0 N–H and O–H groups in total. The van der Waals surface area contributed by atoms with Crippen LogP contribution >= 0.6 is 0 Å². The zero-order valence-corrected chi connectivity index (χ0v) is 25.1. The average molecular weight is 612 g/mol. The van der Waals surface area contributed by atoms with Gasteiger partial charge in [0.1, 0.15) is 35.8 Å². The number of amides is 1. The van der Waals surface area contributed by atoms with E-state index >= 15 is 4.39 Å². The van der Waals surface area contributed by atoms with Gasteiger partial charge >= 0.3 is 6.01 Å². The maximum atomic E-state index is 16.7. The number of carbonyl (C=O) groups is 1. The average Bonchev–Trinajstić information content (AvgIpc) is 3.37. The lowest BCUT2D eigenvalue weighted by molar-refractivity contribution is -0.128. The van der Waals surface area contributed by atoms with Gasteiger partial charge in [-0.15, -0.1) is 0 Å². The molecule has 11 heteroatoms. The molecule has 45 heavy (non-hydrogen) atoms. The van der Waals surface area contributed by atoms with E-state index < -0.39 is 23.6 Å². The van der Waals surface area contributed by atoms with Crippen molar-refractivity contribution in [2.24, 2.45) is 5.92 Å². The second-order valence-corrected chi connectivity index (χ2v) is 13.2. The van der Waals surface area contributed by atoms with Crippen LogP contribution in [0.1, 0.15) is 42.7 Å². The zero-order chi connectivity index (χ0) is 30.9. The molecule has 0 bridgehead atoms. The molecule has 9 nitrogen and oxygen atoms in total. The predicted octanol–water partition coefficient (Wildman–Crippen LogP) is 4.57. The first-order valence-electron chi connectivity index (χ1n) is 15.9. The third-order valence-corrected chi connectivity index (χ3v) is 10.6. The summed E-state index contributed by atoms with van der Waals surface area (Å²) in [6, 6.07) is 5.69. The summed E-state index contributed by atoms with van der Waals surface area (Å²) in [4.78, 5) is 36.0. The van der Waals surface area contributed by atoms with Crippen molar-refractivity contribution in [3.8, 4) is 17.3 Å². The van der Waals surface area contributed by atoms with Crippen molar-refractivity contribution in [1.29, 1.82) is 0 Å². The summed E-state index contributed by atoms with van der Waals surface area (Å²) in [5.41, 5.74) is 3.25. The van der Waals surface area contributed by atoms with E-state index in [9.17, 15) is 9.18 Å². The van der Waals surface area contributed by atoms with Crippen molar-refractivity contribution in [2.75, 3.05) is 50.8 Å². The molecule has 3 aliphatic heterocycles. The number of benzene rings is 1. The highest BCUT2D eigenvalue weighted by atomic mass is 19.1.